The number of Topliss-reactive ketones (excluding diaryl/α,β-unsaturated/α-hetero) is 1. The SMILES string of the molecule is O=C1C(c2ccccc2)=C(c2ccccc2)C2(c3ccccc3)C1=C(c1ccccc1)C(c1ccccc1)=C2c1ccccc1. The number of carbonyl (C=O) groups is 1. The third-order valence-corrected chi connectivity index (χ3v) is 9.10. The summed E-state index contributed by atoms with van der Waals surface area (Å²) in [5, 5.41) is 0. The summed E-state index contributed by atoms with van der Waals surface area (Å²) in [5.74, 6) is 0.0714. The van der Waals surface area contributed by atoms with Crippen molar-refractivity contribution < 1.29 is 4.79 Å². The summed E-state index contributed by atoms with van der Waals surface area (Å²) in [4.78, 5) is 15.5. The molecular formula is C44H30O. The van der Waals surface area contributed by atoms with E-state index in [0.29, 0.717) is 0 Å². The monoisotopic (exact) mass is 574 g/mol. The van der Waals surface area contributed by atoms with Gasteiger partial charge in [-0.2, -0.15) is 0 Å². The largest absolute Gasteiger partial charge is 0.289 e. The lowest BCUT2D eigenvalue weighted by Gasteiger charge is -2.35. The molecule has 1 heteroatoms. The van der Waals surface area contributed by atoms with Gasteiger partial charge in [-0.15, -0.1) is 0 Å². The van der Waals surface area contributed by atoms with E-state index in [9.17, 15) is 0 Å². The molecule has 2 aliphatic rings. The summed E-state index contributed by atoms with van der Waals surface area (Å²) in [6.07, 6.45) is 0. The van der Waals surface area contributed by atoms with Crippen LogP contribution in [0.1, 0.15) is 33.4 Å². The Labute approximate surface area is 264 Å². The average Bonchev–Trinajstić information content (AvgIpc) is 3.58. The van der Waals surface area contributed by atoms with Crippen molar-refractivity contribution in [2.75, 3.05) is 0 Å². The maximum absolute atomic E-state index is 15.5. The number of carbonyl (C=O) groups excluding carboxylic acids is 1. The van der Waals surface area contributed by atoms with Crippen LogP contribution in [0.15, 0.2) is 188 Å². The average molecular weight is 575 g/mol. The van der Waals surface area contributed by atoms with Gasteiger partial charge in [0.2, 0.25) is 0 Å². The highest BCUT2D eigenvalue weighted by atomic mass is 16.1. The first-order chi connectivity index (χ1) is 22.3. The Hall–Kier alpha value is -5.79. The quantitative estimate of drug-likeness (QED) is 0.193. The predicted molar refractivity (Wildman–Crippen MR) is 186 cm³/mol. The van der Waals surface area contributed by atoms with Gasteiger partial charge in [-0.3, -0.25) is 4.79 Å². The topological polar surface area (TPSA) is 17.1 Å². The summed E-state index contributed by atoms with van der Waals surface area (Å²) in [6, 6.07) is 63.1. The molecule has 0 spiro atoms. The van der Waals surface area contributed by atoms with Crippen LogP contribution in [0.4, 0.5) is 0 Å². The van der Waals surface area contributed by atoms with Crippen LogP contribution in [-0.4, -0.2) is 5.78 Å². The zero-order valence-electron chi connectivity index (χ0n) is 24.7. The van der Waals surface area contributed by atoms with E-state index in [1.165, 1.54) is 0 Å². The molecule has 2 aliphatic carbocycles. The fourth-order valence-corrected chi connectivity index (χ4v) is 7.43. The number of allylic oxidation sites excluding steroid dienone is 6. The number of ketones is 1. The lowest BCUT2D eigenvalue weighted by atomic mass is 9.64. The van der Waals surface area contributed by atoms with Gasteiger partial charge in [-0.25, -0.2) is 0 Å². The highest BCUT2D eigenvalue weighted by Gasteiger charge is 2.59. The second kappa shape index (κ2) is 11.0. The molecule has 0 N–H and O–H groups in total. The van der Waals surface area contributed by atoms with E-state index in [-0.39, 0.29) is 5.78 Å². The van der Waals surface area contributed by atoms with Crippen LogP contribution in [0.25, 0.3) is 27.9 Å². The molecule has 0 saturated carbocycles. The molecular weight excluding hydrogens is 544 g/mol. The molecule has 0 aliphatic heterocycles. The van der Waals surface area contributed by atoms with Gasteiger partial charge >= 0.3 is 0 Å². The smallest absolute Gasteiger partial charge is 0.192 e. The third-order valence-electron chi connectivity index (χ3n) is 9.10. The van der Waals surface area contributed by atoms with Crippen molar-refractivity contribution in [3.8, 4) is 0 Å². The molecule has 1 unspecified atom stereocenters. The predicted octanol–water partition coefficient (Wildman–Crippen LogP) is 10.2. The van der Waals surface area contributed by atoms with Crippen LogP contribution in [0.3, 0.4) is 0 Å². The normalized spacial score (nSPS) is 17.6. The highest BCUT2D eigenvalue weighted by Crippen LogP contribution is 2.68. The zero-order valence-corrected chi connectivity index (χ0v) is 24.7. The van der Waals surface area contributed by atoms with E-state index < -0.39 is 5.41 Å². The first-order valence-corrected chi connectivity index (χ1v) is 15.4. The zero-order chi connectivity index (χ0) is 30.2. The maximum atomic E-state index is 15.5. The van der Waals surface area contributed by atoms with Gasteiger partial charge < -0.3 is 0 Å². The molecule has 212 valence electrons. The Bertz CT molecular complexity index is 2110. The third kappa shape index (κ3) is 4.12. The number of hydrogen-bond donors (Lipinski definition) is 0. The van der Waals surface area contributed by atoms with Gasteiger partial charge in [0.15, 0.2) is 5.78 Å². The summed E-state index contributed by atoms with van der Waals surface area (Å²) >= 11 is 0. The van der Waals surface area contributed by atoms with Gasteiger partial charge in [-0.1, -0.05) is 182 Å². The Balaban J connectivity index is 1.66. The minimum atomic E-state index is -0.872. The molecule has 6 aromatic rings. The number of hydrogen-bond acceptors (Lipinski definition) is 1. The molecule has 0 fully saturated rings. The van der Waals surface area contributed by atoms with Crippen LogP contribution >= 0.6 is 0 Å². The number of benzene rings is 6. The summed E-state index contributed by atoms with van der Waals surface area (Å²) in [5.41, 5.74) is 11.2. The van der Waals surface area contributed by atoms with Crippen LogP contribution in [0.2, 0.25) is 0 Å². The van der Waals surface area contributed by atoms with Crippen molar-refractivity contribution in [3.63, 3.8) is 0 Å². The minimum Gasteiger partial charge on any atom is -0.289 e. The van der Waals surface area contributed by atoms with E-state index >= 15 is 4.79 Å². The Morgan fingerprint density at radius 1 is 0.289 bits per heavy atom. The number of fused-ring (bicyclic) bond motifs is 1. The molecule has 1 atom stereocenters. The molecule has 6 aromatic carbocycles. The van der Waals surface area contributed by atoms with Crippen LogP contribution in [-0.2, 0) is 10.2 Å². The molecule has 0 bridgehead atoms. The van der Waals surface area contributed by atoms with Crippen molar-refractivity contribution in [3.05, 3.63) is 221 Å². The lowest BCUT2D eigenvalue weighted by Crippen LogP contribution is -2.29. The fourth-order valence-electron chi connectivity index (χ4n) is 7.43. The van der Waals surface area contributed by atoms with Crippen molar-refractivity contribution in [2.45, 2.75) is 5.41 Å². The molecule has 45 heavy (non-hydrogen) atoms. The molecule has 0 amide bonds. The summed E-state index contributed by atoms with van der Waals surface area (Å²) in [6.45, 7) is 0. The van der Waals surface area contributed by atoms with Crippen molar-refractivity contribution in [1.29, 1.82) is 0 Å². The molecule has 0 heterocycles. The first kappa shape index (κ1) is 26.8. The van der Waals surface area contributed by atoms with E-state index in [0.717, 1.165) is 66.8 Å². The highest BCUT2D eigenvalue weighted by molar-refractivity contribution is 6.50. The maximum Gasteiger partial charge on any atom is 0.192 e. The second-order valence-electron chi connectivity index (χ2n) is 11.5. The molecule has 0 aromatic heterocycles. The Morgan fingerprint density at radius 2 is 0.578 bits per heavy atom. The van der Waals surface area contributed by atoms with E-state index in [2.05, 4.69) is 152 Å². The van der Waals surface area contributed by atoms with Gasteiger partial charge in [-0.05, 0) is 55.7 Å². The lowest BCUT2D eigenvalue weighted by molar-refractivity contribution is -0.110. The van der Waals surface area contributed by atoms with Crippen LogP contribution < -0.4 is 0 Å². The second-order valence-corrected chi connectivity index (χ2v) is 11.5. The van der Waals surface area contributed by atoms with Gasteiger partial charge in [0, 0.05) is 11.1 Å². The first-order valence-electron chi connectivity index (χ1n) is 15.4. The Morgan fingerprint density at radius 3 is 0.978 bits per heavy atom. The fraction of sp³-hybridized carbons (Fsp3) is 0.0227. The molecule has 1 nitrogen and oxygen atoms in total. The molecule has 8 rings (SSSR count). The van der Waals surface area contributed by atoms with Crippen molar-refractivity contribution in [2.24, 2.45) is 0 Å². The molecule has 0 saturated heterocycles. The van der Waals surface area contributed by atoms with Gasteiger partial charge in [0.05, 0.1) is 5.41 Å². The van der Waals surface area contributed by atoms with Crippen molar-refractivity contribution in [1.82, 2.24) is 0 Å². The minimum absolute atomic E-state index is 0.0714. The van der Waals surface area contributed by atoms with Crippen molar-refractivity contribution >= 4 is 33.6 Å². The summed E-state index contributed by atoms with van der Waals surface area (Å²) < 4.78 is 0. The van der Waals surface area contributed by atoms with Gasteiger partial charge in [0.1, 0.15) is 0 Å². The van der Waals surface area contributed by atoms with E-state index in [1.807, 2.05) is 30.3 Å². The van der Waals surface area contributed by atoms with Gasteiger partial charge in [0.25, 0.3) is 0 Å². The van der Waals surface area contributed by atoms with E-state index in [1.54, 1.807) is 0 Å². The van der Waals surface area contributed by atoms with Crippen LogP contribution in [0, 0.1) is 0 Å². The Kier molecular flexibility index (Phi) is 6.58. The van der Waals surface area contributed by atoms with E-state index in [4.69, 9.17) is 0 Å². The number of rotatable bonds is 6. The molecule has 0 radical (unpaired) electrons. The van der Waals surface area contributed by atoms with Crippen LogP contribution in [0.5, 0.6) is 0 Å². The standard InChI is InChI=1S/C44H30O/c45-43-39(33-23-11-3-12-24-33)41(35-27-15-5-16-28-35)44(36-29-17-6-18-30-36)40(34-25-13-4-14-26-34)37(31-19-7-1-8-20-31)38(42(43)44)32-21-9-2-10-22-32/h1-30H. The summed E-state index contributed by atoms with van der Waals surface area (Å²) in [7, 11) is 0.